The maximum atomic E-state index is 6.20. The largest absolute Gasteiger partial charge is 0.493 e. The first-order chi connectivity index (χ1) is 8.76. The number of hydrogen-bond donors (Lipinski definition) is 1. The van der Waals surface area contributed by atoms with E-state index in [9.17, 15) is 0 Å². The van der Waals surface area contributed by atoms with Crippen molar-refractivity contribution in [1.82, 2.24) is 14.8 Å². The second-order valence-electron chi connectivity index (χ2n) is 4.16. The van der Waals surface area contributed by atoms with Gasteiger partial charge < -0.3 is 10.5 Å². The third-order valence-corrected chi connectivity index (χ3v) is 3.00. The van der Waals surface area contributed by atoms with Crippen molar-refractivity contribution in [2.24, 2.45) is 5.73 Å². The topological polar surface area (TPSA) is 66.0 Å². The summed E-state index contributed by atoms with van der Waals surface area (Å²) < 4.78 is 6.99. The van der Waals surface area contributed by atoms with Crippen LogP contribution in [-0.2, 0) is 0 Å². The van der Waals surface area contributed by atoms with E-state index in [2.05, 4.69) is 17.0 Å². The lowest BCUT2D eigenvalue weighted by atomic mass is 10.00. The highest BCUT2D eigenvalue weighted by atomic mass is 16.5. The Hall–Kier alpha value is -1.88. The van der Waals surface area contributed by atoms with Gasteiger partial charge in [0.2, 0.25) is 0 Å². The Bertz CT molecular complexity index is 483. The Morgan fingerprint density at radius 2 is 2.28 bits per heavy atom. The van der Waals surface area contributed by atoms with E-state index in [1.807, 2.05) is 29.2 Å². The van der Waals surface area contributed by atoms with Crippen molar-refractivity contribution in [3.63, 3.8) is 0 Å². The number of nitrogens with zero attached hydrogens (tertiary/aromatic N) is 3. The van der Waals surface area contributed by atoms with E-state index in [4.69, 9.17) is 10.5 Å². The molecule has 2 heterocycles. The lowest BCUT2D eigenvalue weighted by Crippen LogP contribution is -2.32. The van der Waals surface area contributed by atoms with E-state index in [1.165, 1.54) is 0 Å². The molecular formula is C13H18N4O. The van der Waals surface area contributed by atoms with Crippen LogP contribution in [0.5, 0.6) is 5.75 Å². The highest BCUT2D eigenvalue weighted by Crippen LogP contribution is 2.23. The quantitative estimate of drug-likeness (QED) is 0.870. The van der Waals surface area contributed by atoms with Gasteiger partial charge in [0.15, 0.2) is 5.75 Å². The first-order valence-electron chi connectivity index (χ1n) is 6.00. The predicted molar refractivity (Wildman–Crippen MR) is 69.4 cm³/mol. The van der Waals surface area contributed by atoms with Crippen molar-refractivity contribution >= 4 is 0 Å². The lowest BCUT2D eigenvalue weighted by Gasteiger charge is -2.23. The summed E-state index contributed by atoms with van der Waals surface area (Å²) in [6, 6.07) is 3.89. The third kappa shape index (κ3) is 2.51. The van der Waals surface area contributed by atoms with E-state index >= 15 is 0 Å². The molecule has 0 aliphatic rings. The minimum absolute atomic E-state index is 0.0150. The van der Waals surface area contributed by atoms with Crippen LogP contribution in [0.3, 0.4) is 0 Å². The molecule has 2 unspecified atom stereocenters. The molecule has 0 fully saturated rings. The number of ether oxygens (including phenoxy) is 1. The van der Waals surface area contributed by atoms with Crippen LogP contribution < -0.4 is 10.5 Å². The Balaban J connectivity index is 2.37. The summed E-state index contributed by atoms with van der Waals surface area (Å²) in [5.74, 6) is 0.729. The normalized spacial score (nSPS) is 14.2. The van der Waals surface area contributed by atoms with Crippen LogP contribution in [0.2, 0.25) is 0 Å². The van der Waals surface area contributed by atoms with Gasteiger partial charge in [-0.3, -0.25) is 9.67 Å². The van der Waals surface area contributed by atoms with Gasteiger partial charge in [0.25, 0.3) is 0 Å². The molecule has 0 saturated carbocycles. The van der Waals surface area contributed by atoms with Gasteiger partial charge in [0, 0.05) is 18.4 Å². The summed E-state index contributed by atoms with van der Waals surface area (Å²) in [6.07, 6.45) is 7.98. The highest BCUT2D eigenvalue weighted by molar-refractivity contribution is 5.20. The summed E-state index contributed by atoms with van der Waals surface area (Å²) in [7, 11) is 1.63. The molecule has 0 aromatic carbocycles. The molecule has 0 aliphatic heterocycles. The number of hydrogen-bond acceptors (Lipinski definition) is 4. The van der Waals surface area contributed by atoms with E-state index in [0.717, 1.165) is 17.7 Å². The molecule has 0 amide bonds. The molecule has 0 aliphatic carbocycles. The van der Waals surface area contributed by atoms with E-state index in [0.29, 0.717) is 0 Å². The van der Waals surface area contributed by atoms with Gasteiger partial charge in [-0.15, -0.1) is 0 Å². The van der Waals surface area contributed by atoms with Gasteiger partial charge in [-0.1, -0.05) is 13.0 Å². The van der Waals surface area contributed by atoms with Crippen molar-refractivity contribution in [1.29, 1.82) is 0 Å². The lowest BCUT2D eigenvalue weighted by molar-refractivity contribution is 0.404. The predicted octanol–water partition coefficient (Wildman–Crippen LogP) is 1.61. The third-order valence-electron chi connectivity index (χ3n) is 3.00. The fourth-order valence-electron chi connectivity index (χ4n) is 1.95. The van der Waals surface area contributed by atoms with E-state index in [-0.39, 0.29) is 12.1 Å². The molecule has 96 valence electrons. The van der Waals surface area contributed by atoms with Gasteiger partial charge in [0.1, 0.15) is 0 Å². The van der Waals surface area contributed by atoms with Gasteiger partial charge >= 0.3 is 0 Å². The average molecular weight is 246 g/mol. The summed E-state index contributed by atoms with van der Waals surface area (Å²) in [4.78, 5) is 4.15. The average Bonchev–Trinajstić information content (AvgIpc) is 2.88. The molecule has 0 bridgehead atoms. The first kappa shape index (κ1) is 12.6. The molecular weight excluding hydrogens is 228 g/mol. The zero-order chi connectivity index (χ0) is 13.0. The second kappa shape index (κ2) is 5.64. The van der Waals surface area contributed by atoms with Gasteiger partial charge in [0.05, 0.1) is 25.5 Å². The van der Waals surface area contributed by atoms with Crippen molar-refractivity contribution in [2.45, 2.75) is 25.4 Å². The van der Waals surface area contributed by atoms with Crippen LogP contribution in [-0.4, -0.2) is 27.9 Å². The van der Waals surface area contributed by atoms with Crippen LogP contribution in [0.25, 0.3) is 0 Å². The molecule has 0 radical (unpaired) electrons. The van der Waals surface area contributed by atoms with E-state index in [1.54, 1.807) is 19.5 Å². The monoisotopic (exact) mass is 246 g/mol. The number of methoxy groups -OCH3 is 1. The fraction of sp³-hybridized carbons (Fsp3) is 0.385. The summed E-state index contributed by atoms with van der Waals surface area (Å²) in [6.45, 7) is 2.06. The zero-order valence-corrected chi connectivity index (χ0v) is 10.7. The summed E-state index contributed by atoms with van der Waals surface area (Å²) in [5.41, 5.74) is 7.26. The van der Waals surface area contributed by atoms with E-state index < -0.39 is 0 Å². The standard InChI is InChI=1S/C13H18N4O/c1-3-12(14)13(10-5-4-6-15-7-10)17-9-11(18-2)8-16-17/h4-9,12-13H,3,14H2,1-2H3. The van der Waals surface area contributed by atoms with Crippen LogP contribution in [0, 0.1) is 0 Å². The SMILES string of the molecule is CCC(N)C(c1cccnc1)n1cc(OC)cn1. The molecule has 2 aromatic rings. The number of rotatable bonds is 5. The molecule has 2 atom stereocenters. The van der Waals surface area contributed by atoms with Gasteiger partial charge in [-0.05, 0) is 18.1 Å². The minimum Gasteiger partial charge on any atom is -0.493 e. The zero-order valence-electron chi connectivity index (χ0n) is 10.7. The molecule has 0 saturated heterocycles. The summed E-state index contributed by atoms with van der Waals surface area (Å²) >= 11 is 0. The van der Waals surface area contributed by atoms with Crippen molar-refractivity contribution in [2.75, 3.05) is 7.11 Å². The molecule has 2 aromatic heterocycles. The molecule has 5 heteroatoms. The molecule has 0 spiro atoms. The summed E-state index contributed by atoms with van der Waals surface area (Å²) in [5, 5.41) is 4.32. The van der Waals surface area contributed by atoms with Gasteiger partial charge in [-0.2, -0.15) is 5.10 Å². The van der Waals surface area contributed by atoms with Crippen molar-refractivity contribution < 1.29 is 4.74 Å². The molecule has 18 heavy (non-hydrogen) atoms. The first-order valence-corrected chi connectivity index (χ1v) is 6.00. The fourth-order valence-corrected chi connectivity index (χ4v) is 1.95. The Kier molecular flexibility index (Phi) is 3.94. The number of nitrogens with two attached hydrogens (primary N) is 1. The Morgan fingerprint density at radius 1 is 1.44 bits per heavy atom. The molecule has 5 nitrogen and oxygen atoms in total. The van der Waals surface area contributed by atoms with Crippen LogP contribution in [0.4, 0.5) is 0 Å². The smallest absolute Gasteiger partial charge is 0.156 e. The maximum Gasteiger partial charge on any atom is 0.156 e. The van der Waals surface area contributed by atoms with Crippen molar-refractivity contribution in [3.05, 3.63) is 42.5 Å². The highest BCUT2D eigenvalue weighted by Gasteiger charge is 2.21. The second-order valence-corrected chi connectivity index (χ2v) is 4.16. The maximum absolute atomic E-state index is 6.20. The van der Waals surface area contributed by atoms with Crippen LogP contribution >= 0.6 is 0 Å². The van der Waals surface area contributed by atoms with Gasteiger partial charge in [-0.25, -0.2) is 0 Å². The Labute approximate surface area is 107 Å². The molecule has 2 N–H and O–H groups in total. The van der Waals surface area contributed by atoms with Crippen LogP contribution in [0.15, 0.2) is 36.9 Å². The minimum atomic E-state index is -0.0207. The van der Waals surface area contributed by atoms with Crippen LogP contribution in [0.1, 0.15) is 24.9 Å². The van der Waals surface area contributed by atoms with Crippen molar-refractivity contribution in [3.8, 4) is 5.75 Å². The molecule has 2 rings (SSSR count). The number of aromatic nitrogens is 3. The Morgan fingerprint density at radius 3 is 2.83 bits per heavy atom. The number of pyridine rings is 1.